The zero-order valence-electron chi connectivity index (χ0n) is 20.3. The first kappa shape index (κ1) is 23.8. The largest absolute Gasteiger partial charge is 0.507 e. The van der Waals surface area contributed by atoms with Crippen molar-refractivity contribution < 1.29 is 10.2 Å². The van der Waals surface area contributed by atoms with Gasteiger partial charge in [0, 0.05) is 29.9 Å². The van der Waals surface area contributed by atoms with E-state index >= 15 is 0 Å². The average Bonchev–Trinajstić information content (AvgIpc) is 2.92. The van der Waals surface area contributed by atoms with E-state index in [0.717, 1.165) is 47.2 Å². The van der Waals surface area contributed by atoms with E-state index in [1.165, 1.54) is 18.4 Å². The van der Waals surface area contributed by atoms with Crippen LogP contribution < -0.4 is 5.32 Å². The predicted molar refractivity (Wildman–Crippen MR) is 148 cm³/mol. The molecule has 36 heavy (non-hydrogen) atoms. The lowest BCUT2D eigenvalue weighted by molar-refractivity contribution is 0.329. The van der Waals surface area contributed by atoms with Crippen LogP contribution in [0.3, 0.4) is 0 Å². The highest BCUT2D eigenvalue weighted by molar-refractivity contribution is 5.83. The first-order valence-electron chi connectivity index (χ1n) is 12.7. The van der Waals surface area contributed by atoms with Crippen LogP contribution >= 0.6 is 0 Å². The van der Waals surface area contributed by atoms with Crippen LogP contribution in [0.1, 0.15) is 36.8 Å². The van der Waals surface area contributed by atoms with Crippen molar-refractivity contribution in [1.82, 2.24) is 5.32 Å². The Morgan fingerprint density at radius 2 is 1.36 bits per heavy atom. The van der Waals surface area contributed by atoms with Crippen LogP contribution in [-0.2, 0) is 6.54 Å². The fraction of sp³-hybridized carbons (Fsp3) is 0.219. The molecule has 2 atom stereocenters. The zero-order valence-corrected chi connectivity index (χ0v) is 20.3. The number of para-hydroxylation sites is 2. The molecule has 4 aromatic rings. The van der Waals surface area contributed by atoms with Gasteiger partial charge in [0.25, 0.3) is 0 Å². The third kappa shape index (κ3) is 5.67. The Kier molecular flexibility index (Phi) is 7.44. The van der Waals surface area contributed by atoms with Crippen molar-refractivity contribution >= 4 is 6.21 Å². The SMILES string of the molecule is Oc1ccccc1-c1cccc(C=N[C@@H]2CCCC[C@H]2NCc2cccc(-c3ccccc3O)c2)c1. The molecule has 5 rings (SSSR count). The van der Waals surface area contributed by atoms with Gasteiger partial charge in [-0.15, -0.1) is 0 Å². The fourth-order valence-electron chi connectivity index (χ4n) is 5.03. The maximum absolute atomic E-state index is 10.2. The van der Waals surface area contributed by atoms with Crippen molar-refractivity contribution in [2.75, 3.05) is 0 Å². The van der Waals surface area contributed by atoms with Gasteiger partial charge in [-0.3, -0.25) is 4.99 Å². The highest BCUT2D eigenvalue weighted by Gasteiger charge is 2.23. The number of phenols is 2. The molecule has 0 bridgehead atoms. The van der Waals surface area contributed by atoms with E-state index in [2.05, 4.69) is 29.6 Å². The number of phenolic OH excluding ortho intramolecular Hbond substituents is 2. The summed E-state index contributed by atoms with van der Waals surface area (Å²) in [4.78, 5) is 5.00. The van der Waals surface area contributed by atoms with Crippen molar-refractivity contribution in [3.05, 3.63) is 108 Å². The predicted octanol–water partition coefficient (Wildman–Crippen LogP) is 6.95. The first-order chi connectivity index (χ1) is 17.7. The van der Waals surface area contributed by atoms with Gasteiger partial charge in [-0.1, -0.05) is 85.6 Å². The van der Waals surface area contributed by atoms with Gasteiger partial charge in [-0.05, 0) is 59.4 Å². The summed E-state index contributed by atoms with van der Waals surface area (Å²) in [5, 5.41) is 24.2. The molecule has 1 fully saturated rings. The topological polar surface area (TPSA) is 64.9 Å². The van der Waals surface area contributed by atoms with Crippen molar-refractivity contribution in [3.63, 3.8) is 0 Å². The molecule has 0 aliphatic heterocycles. The molecule has 1 aliphatic rings. The van der Waals surface area contributed by atoms with E-state index in [0.29, 0.717) is 11.8 Å². The number of nitrogens with one attached hydrogen (secondary N) is 1. The Hall–Kier alpha value is -3.89. The van der Waals surface area contributed by atoms with Crippen LogP contribution in [0.4, 0.5) is 0 Å². The number of hydrogen-bond donors (Lipinski definition) is 3. The Labute approximate surface area is 213 Å². The van der Waals surface area contributed by atoms with Crippen molar-refractivity contribution in [3.8, 4) is 33.8 Å². The molecule has 182 valence electrons. The Morgan fingerprint density at radius 1 is 0.722 bits per heavy atom. The summed E-state index contributed by atoms with van der Waals surface area (Å²) in [6.45, 7) is 0.765. The summed E-state index contributed by atoms with van der Waals surface area (Å²) in [7, 11) is 0. The highest BCUT2D eigenvalue weighted by Crippen LogP contribution is 2.30. The van der Waals surface area contributed by atoms with Crippen LogP contribution in [0.2, 0.25) is 0 Å². The molecule has 0 aromatic heterocycles. The van der Waals surface area contributed by atoms with Crippen LogP contribution in [0.25, 0.3) is 22.3 Å². The first-order valence-corrected chi connectivity index (χ1v) is 12.7. The number of hydrogen-bond acceptors (Lipinski definition) is 4. The van der Waals surface area contributed by atoms with Gasteiger partial charge in [0.2, 0.25) is 0 Å². The van der Waals surface area contributed by atoms with Gasteiger partial charge in [0.05, 0.1) is 6.04 Å². The molecule has 1 aliphatic carbocycles. The van der Waals surface area contributed by atoms with Crippen LogP contribution in [-0.4, -0.2) is 28.5 Å². The van der Waals surface area contributed by atoms with Gasteiger partial charge in [0.15, 0.2) is 0 Å². The standard InChI is InChI=1S/C32H32N2O2/c35-31-17-5-1-13-27(31)25-11-7-9-23(19-25)21-33-29-15-3-4-16-30(29)34-22-24-10-8-12-26(20-24)28-14-2-6-18-32(28)36/h1-2,5-14,17-21,29-30,34-36H,3-4,15-16,22H2/t29-,30-/m1/s1. The molecule has 0 spiro atoms. The lowest BCUT2D eigenvalue weighted by Crippen LogP contribution is -2.40. The minimum absolute atomic E-state index is 0.230. The molecular weight excluding hydrogens is 444 g/mol. The molecule has 0 heterocycles. The van der Waals surface area contributed by atoms with Gasteiger partial charge < -0.3 is 15.5 Å². The third-order valence-corrected chi connectivity index (χ3v) is 6.96. The molecular formula is C32H32N2O2. The van der Waals surface area contributed by atoms with Gasteiger partial charge in [0.1, 0.15) is 11.5 Å². The molecule has 3 N–H and O–H groups in total. The Bertz CT molecular complexity index is 1350. The second-order valence-corrected chi connectivity index (χ2v) is 9.48. The lowest BCUT2D eigenvalue weighted by Gasteiger charge is -2.29. The number of nitrogens with zero attached hydrogens (tertiary/aromatic N) is 1. The van der Waals surface area contributed by atoms with Crippen LogP contribution in [0.15, 0.2) is 102 Å². The molecule has 0 unspecified atom stereocenters. The number of benzene rings is 4. The lowest BCUT2D eigenvalue weighted by atomic mass is 9.90. The smallest absolute Gasteiger partial charge is 0.123 e. The zero-order chi connectivity index (χ0) is 24.7. The second-order valence-electron chi connectivity index (χ2n) is 9.48. The summed E-state index contributed by atoms with van der Waals surface area (Å²) in [6.07, 6.45) is 6.57. The van der Waals surface area contributed by atoms with E-state index < -0.39 is 0 Å². The monoisotopic (exact) mass is 476 g/mol. The fourth-order valence-corrected chi connectivity index (χ4v) is 5.03. The molecule has 0 saturated heterocycles. The summed E-state index contributed by atoms with van der Waals surface area (Å²) < 4.78 is 0. The maximum atomic E-state index is 10.2. The summed E-state index contributed by atoms with van der Waals surface area (Å²) >= 11 is 0. The number of rotatable bonds is 7. The molecule has 0 amide bonds. The van der Waals surface area contributed by atoms with Crippen LogP contribution in [0.5, 0.6) is 11.5 Å². The van der Waals surface area contributed by atoms with Crippen molar-refractivity contribution in [1.29, 1.82) is 0 Å². The summed E-state index contributed by atoms with van der Waals surface area (Å²) in [5.41, 5.74) is 5.92. The minimum atomic E-state index is 0.230. The summed E-state index contributed by atoms with van der Waals surface area (Å²) in [6, 6.07) is 32.0. The van der Waals surface area contributed by atoms with E-state index in [-0.39, 0.29) is 11.8 Å². The quantitative estimate of drug-likeness (QED) is 0.253. The van der Waals surface area contributed by atoms with Gasteiger partial charge in [-0.25, -0.2) is 0 Å². The number of aliphatic imine (C=N–C) groups is 1. The van der Waals surface area contributed by atoms with Crippen LogP contribution in [0, 0.1) is 0 Å². The summed E-state index contributed by atoms with van der Waals surface area (Å²) in [5.74, 6) is 0.588. The van der Waals surface area contributed by atoms with Crippen molar-refractivity contribution in [2.45, 2.75) is 44.3 Å². The highest BCUT2D eigenvalue weighted by atomic mass is 16.3. The average molecular weight is 477 g/mol. The normalized spacial score (nSPS) is 17.9. The Morgan fingerprint density at radius 3 is 2.08 bits per heavy atom. The third-order valence-electron chi connectivity index (χ3n) is 6.96. The van der Waals surface area contributed by atoms with Gasteiger partial charge >= 0.3 is 0 Å². The second kappa shape index (κ2) is 11.2. The van der Waals surface area contributed by atoms with E-state index in [1.54, 1.807) is 12.1 Å². The molecule has 4 aromatic carbocycles. The van der Waals surface area contributed by atoms with Gasteiger partial charge in [-0.2, -0.15) is 0 Å². The van der Waals surface area contributed by atoms with E-state index in [1.807, 2.05) is 66.9 Å². The van der Waals surface area contributed by atoms with E-state index in [4.69, 9.17) is 4.99 Å². The van der Waals surface area contributed by atoms with E-state index in [9.17, 15) is 10.2 Å². The molecule has 4 heteroatoms. The maximum Gasteiger partial charge on any atom is 0.123 e. The minimum Gasteiger partial charge on any atom is -0.507 e. The number of aromatic hydroxyl groups is 2. The molecule has 0 radical (unpaired) electrons. The Balaban J connectivity index is 1.27. The molecule has 1 saturated carbocycles. The van der Waals surface area contributed by atoms with Crippen molar-refractivity contribution in [2.24, 2.45) is 4.99 Å². The molecule has 4 nitrogen and oxygen atoms in total.